The van der Waals surface area contributed by atoms with Gasteiger partial charge in [0.15, 0.2) is 0 Å². The molecule has 0 spiro atoms. The van der Waals surface area contributed by atoms with E-state index in [1.807, 2.05) is 0 Å². The number of amides is 1. The lowest BCUT2D eigenvalue weighted by Gasteiger charge is -2.41. The van der Waals surface area contributed by atoms with Crippen molar-refractivity contribution in [2.45, 2.75) is 69.6 Å². The summed E-state index contributed by atoms with van der Waals surface area (Å²) in [5.41, 5.74) is 0. The zero-order valence-electron chi connectivity index (χ0n) is 14.8. The minimum absolute atomic E-state index is 0.0773. The number of nitrogens with zero attached hydrogens (tertiary/aromatic N) is 1. The van der Waals surface area contributed by atoms with Crippen LogP contribution >= 0.6 is 12.6 Å². The summed E-state index contributed by atoms with van der Waals surface area (Å²) in [6.45, 7) is 5.96. The Labute approximate surface area is 145 Å². The maximum atomic E-state index is 12.3. The van der Waals surface area contributed by atoms with E-state index in [-0.39, 0.29) is 11.9 Å². The first kappa shape index (κ1) is 20.3. The number of piperidine rings is 1. The second-order valence-electron chi connectivity index (χ2n) is 6.47. The van der Waals surface area contributed by atoms with Gasteiger partial charge in [0.1, 0.15) is 6.04 Å². The molecule has 134 valence electrons. The molecule has 0 aromatic heterocycles. The van der Waals surface area contributed by atoms with Gasteiger partial charge in [-0.25, -0.2) is 4.79 Å². The van der Waals surface area contributed by atoms with Crippen molar-refractivity contribution in [1.82, 2.24) is 10.2 Å². The highest BCUT2D eigenvalue weighted by atomic mass is 32.1. The summed E-state index contributed by atoms with van der Waals surface area (Å²) in [6, 6.07) is -0.668. The molecule has 0 aromatic carbocycles. The molecule has 0 radical (unpaired) electrons. The minimum Gasteiger partial charge on any atom is -0.464 e. The van der Waals surface area contributed by atoms with Gasteiger partial charge in [-0.2, -0.15) is 12.6 Å². The fraction of sp³-hybridized carbons (Fsp3) is 0.882. The molecule has 1 aliphatic heterocycles. The van der Waals surface area contributed by atoms with Gasteiger partial charge in [0.25, 0.3) is 0 Å². The number of carbonyl (C=O) groups excluding carboxylic acids is 2. The Morgan fingerprint density at radius 1 is 1.22 bits per heavy atom. The molecule has 23 heavy (non-hydrogen) atoms. The first-order valence-corrected chi connectivity index (χ1v) is 9.24. The van der Waals surface area contributed by atoms with Crippen LogP contribution in [0.1, 0.15) is 58.8 Å². The van der Waals surface area contributed by atoms with Gasteiger partial charge in [0, 0.05) is 11.2 Å². The van der Waals surface area contributed by atoms with Gasteiger partial charge in [-0.3, -0.25) is 4.79 Å². The molecule has 0 saturated carbocycles. The molecule has 1 saturated heterocycles. The molecule has 1 aliphatic rings. The first-order chi connectivity index (χ1) is 10.9. The molecule has 1 fully saturated rings. The second-order valence-corrected chi connectivity index (χ2v) is 7.36. The zero-order valence-corrected chi connectivity index (χ0v) is 15.7. The molecular weight excluding hydrogens is 312 g/mol. The van der Waals surface area contributed by atoms with E-state index in [4.69, 9.17) is 17.4 Å². The summed E-state index contributed by atoms with van der Waals surface area (Å²) in [6.07, 6.45) is 6.15. The summed E-state index contributed by atoms with van der Waals surface area (Å²) in [5, 5.41) is 2.90. The summed E-state index contributed by atoms with van der Waals surface area (Å²) in [5.74, 6) is -0.444. The predicted octanol–water partition coefficient (Wildman–Crippen LogP) is 2.40. The maximum absolute atomic E-state index is 12.3. The summed E-state index contributed by atoms with van der Waals surface area (Å²) in [7, 11) is 2.05. The fourth-order valence-electron chi connectivity index (χ4n) is 2.88. The Hall–Kier alpha value is -0.750. The van der Waals surface area contributed by atoms with Crippen molar-refractivity contribution in [2.24, 2.45) is 0 Å². The number of ether oxygens (including phenoxy) is 1. The van der Waals surface area contributed by atoms with Crippen LogP contribution in [0.5, 0.6) is 0 Å². The van der Waals surface area contributed by atoms with Crippen molar-refractivity contribution in [2.75, 3.05) is 26.7 Å². The van der Waals surface area contributed by atoms with Crippen molar-refractivity contribution in [3.8, 4) is 0 Å². The molecule has 6 heteroatoms. The van der Waals surface area contributed by atoms with Crippen molar-refractivity contribution in [1.29, 1.82) is 0 Å². The minimum atomic E-state index is -0.668. The van der Waals surface area contributed by atoms with Gasteiger partial charge in [0.2, 0.25) is 5.91 Å². The second kappa shape index (κ2) is 10.2. The smallest absolute Gasteiger partial charge is 0.330 e. The van der Waals surface area contributed by atoms with Crippen LogP contribution in [0.15, 0.2) is 0 Å². The lowest BCUT2D eigenvalue weighted by Crippen LogP contribution is -2.58. The third-order valence-corrected chi connectivity index (χ3v) is 5.18. The lowest BCUT2D eigenvalue weighted by molar-refractivity contribution is -0.148. The van der Waals surface area contributed by atoms with E-state index in [0.717, 1.165) is 51.6 Å². The fourth-order valence-corrected chi connectivity index (χ4v) is 3.25. The summed E-state index contributed by atoms with van der Waals surface area (Å²) < 4.78 is 4.65. The first-order valence-electron chi connectivity index (χ1n) is 8.80. The van der Waals surface area contributed by atoms with Crippen molar-refractivity contribution >= 4 is 24.5 Å². The topological polar surface area (TPSA) is 58.6 Å². The zero-order chi connectivity index (χ0) is 17.3. The quantitative estimate of drug-likeness (QED) is 0.383. The average Bonchev–Trinajstić information content (AvgIpc) is 2.52. The Morgan fingerprint density at radius 3 is 2.43 bits per heavy atom. The Balaban J connectivity index is 2.65. The molecule has 1 rings (SSSR count). The number of unbranched alkanes of at least 4 members (excludes halogenated alkanes) is 3. The Morgan fingerprint density at radius 2 is 1.87 bits per heavy atom. The Kier molecular flexibility index (Phi) is 8.99. The van der Waals surface area contributed by atoms with Crippen molar-refractivity contribution < 1.29 is 14.3 Å². The number of thiol groups is 1. The molecule has 1 amide bonds. The van der Waals surface area contributed by atoms with E-state index in [9.17, 15) is 9.59 Å². The van der Waals surface area contributed by atoms with E-state index >= 15 is 0 Å². The van der Waals surface area contributed by atoms with E-state index in [1.165, 1.54) is 0 Å². The van der Waals surface area contributed by atoms with Crippen molar-refractivity contribution in [3.05, 3.63) is 0 Å². The number of carbonyl (C=O) groups is 2. The molecule has 1 unspecified atom stereocenters. The number of rotatable bonds is 9. The highest BCUT2D eigenvalue weighted by molar-refractivity contribution is 7.82. The van der Waals surface area contributed by atoms with Gasteiger partial charge < -0.3 is 15.0 Å². The number of hydrogen-bond donors (Lipinski definition) is 2. The third-order valence-electron chi connectivity index (χ3n) is 4.48. The van der Waals surface area contributed by atoms with Gasteiger partial charge in [-0.15, -0.1) is 0 Å². The normalized spacial score (nSPS) is 19.1. The van der Waals surface area contributed by atoms with Crippen LogP contribution in [0.2, 0.25) is 0 Å². The molecule has 1 atom stereocenters. The predicted molar refractivity (Wildman–Crippen MR) is 95.8 cm³/mol. The van der Waals surface area contributed by atoms with Gasteiger partial charge in [-0.1, -0.05) is 26.2 Å². The number of esters is 1. The molecule has 5 nitrogen and oxygen atoms in total. The van der Waals surface area contributed by atoms with Crippen LogP contribution in [0.25, 0.3) is 0 Å². The average molecular weight is 345 g/mol. The Bertz CT molecular complexity index is 382. The van der Waals surface area contributed by atoms with Crippen LogP contribution < -0.4 is 5.32 Å². The van der Waals surface area contributed by atoms with Crippen molar-refractivity contribution in [3.63, 3.8) is 0 Å². The standard InChI is InChI=1S/C17H32N2O3S/c1-4-6-7-8-9-14(20)18-15(16(21)22-5-2)17(23)10-12-19(3)13-11-17/h15,23H,4-13H2,1-3H3,(H,18,20). The maximum Gasteiger partial charge on any atom is 0.330 e. The highest BCUT2D eigenvalue weighted by Crippen LogP contribution is 2.32. The summed E-state index contributed by atoms with van der Waals surface area (Å²) >= 11 is 4.77. The number of hydrogen-bond acceptors (Lipinski definition) is 5. The largest absolute Gasteiger partial charge is 0.464 e. The van der Waals surface area contributed by atoms with Crippen LogP contribution in [-0.4, -0.2) is 54.3 Å². The monoisotopic (exact) mass is 344 g/mol. The van der Waals surface area contributed by atoms with E-state index in [0.29, 0.717) is 13.0 Å². The summed E-state index contributed by atoms with van der Waals surface area (Å²) in [4.78, 5) is 26.8. The van der Waals surface area contributed by atoms with Crippen LogP contribution in [0, 0.1) is 0 Å². The van der Waals surface area contributed by atoms with Crippen LogP contribution in [-0.2, 0) is 14.3 Å². The van der Waals surface area contributed by atoms with E-state index in [1.54, 1.807) is 6.92 Å². The number of nitrogens with one attached hydrogen (secondary N) is 1. The SMILES string of the molecule is CCCCCCC(=O)NC(C(=O)OCC)C1(S)CCN(C)CC1. The number of likely N-dealkylation sites (tertiary alicyclic amines) is 1. The van der Waals surface area contributed by atoms with Crippen LogP contribution in [0.3, 0.4) is 0 Å². The molecule has 1 N–H and O–H groups in total. The van der Waals surface area contributed by atoms with Gasteiger partial charge >= 0.3 is 5.97 Å². The van der Waals surface area contributed by atoms with Gasteiger partial charge in [0.05, 0.1) is 6.61 Å². The van der Waals surface area contributed by atoms with E-state index < -0.39 is 10.8 Å². The molecule has 0 aromatic rings. The molecule has 0 aliphatic carbocycles. The van der Waals surface area contributed by atoms with E-state index in [2.05, 4.69) is 24.2 Å². The molecule has 1 heterocycles. The third kappa shape index (κ3) is 6.71. The van der Waals surface area contributed by atoms with Crippen LogP contribution in [0.4, 0.5) is 0 Å². The lowest BCUT2D eigenvalue weighted by atomic mass is 9.88. The molecule has 0 bridgehead atoms. The van der Waals surface area contributed by atoms with Gasteiger partial charge in [-0.05, 0) is 46.3 Å². The molecular formula is C17H32N2O3S. The highest BCUT2D eigenvalue weighted by Gasteiger charge is 2.43.